The number of anilines is 1. The highest BCUT2D eigenvalue weighted by atomic mass is 35.5. The average molecular weight is 405 g/mol. The van der Waals surface area contributed by atoms with Crippen LogP contribution in [0.2, 0.25) is 5.02 Å². The minimum absolute atomic E-state index is 0.485. The molecule has 3 N–H and O–H groups in total. The summed E-state index contributed by atoms with van der Waals surface area (Å²) < 4.78 is 27.8. The highest BCUT2D eigenvalue weighted by molar-refractivity contribution is 7.92. The molecule has 8 heteroatoms. The van der Waals surface area contributed by atoms with Gasteiger partial charge in [0, 0.05) is 10.4 Å². The number of nitrogens with zero attached hydrogens (tertiary/aromatic N) is 2. The lowest BCUT2D eigenvalue weighted by molar-refractivity contribution is 0.402. The van der Waals surface area contributed by atoms with Crippen LogP contribution in [-0.2, 0) is 15.6 Å². The van der Waals surface area contributed by atoms with E-state index in [1.54, 1.807) is 18.3 Å². The van der Waals surface area contributed by atoms with Crippen molar-refractivity contribution in [3.05, 3.63) is 71.5 Å². The molecule has 1 heterocycles. The summed E-state index contributed by atoms with van der Waals surface area (Å²) in [5, 5.41) is 5.94. The maximum Gasteiger partial charge on any atom is 0.229 e. The Labute approximate surface area is 163 Å². The van der Waals surface area contributed by atoms with Gasteiger partial charge in [-0.15, -0.1) is 0 Å². The summed E-state index contributed by atoms with van der Waals surface area (Å²) in [7, 11) is -3.40. The number of hydrogen-bond acceptors (Lipinski definition) is 4. The van der Waals surface area contributed by atoms with Gasteiger partial charge in [0.05, 0.1) is 23.7 Å². The Hall–Kier alpha value is -2.51. The second-order valence-electron chi connectivity index (χ2n) is 6.31. The summed E-state index contributed by atoms with van der Waals surface area (Å²) in [6.07, 6.45) is 6.86. The molecule has 0 amide bonds. The average Bonchev–Trinajstić information content (AvgIpc) is 3.05. The first-order chi connectivity index (χ1) is 12.8. The van der Waals surface area contributed by atoms with E-state index in [0.29, 0.717) is 22.5 Å². The quantitative estimate of drug-likeness (QED) is 0.655. The van der Waals surface area contributed by atoms with E-state index < -0.39 is 15.6 Å². The van der Waals surface area contributed by atoms with Crippen LogP contribution in [0, 0.1) is 0 Å². The van der Waals surface area contributed by atoms with Crippen molar-refractivity contribution in [1.29, 1.82) is 0 Å². The van der Waals surface area contributed by atoms with Crippen molar-refractivity contribution >= 4 is 38.2 Å². The van der Waals surface area contributed by atoms with Gasteiger partial charge in [-0.3, -0.25) is 9.40 Å². The topological polar surface area (TPSA) is 90.0 Å². The van der Waals surface area contributed by atoms with Gasteiger partial charge in [-0.25, -0.2) is 8.42 Å². The summed E-state index contributed by atoms with van der Waals surface area (Å²) in [5.41, 5.74) is 7.40. The van der Waals surface area contributed by atoms with Gasteiger partial charge in [0.2, 0.25) is 10.0 Å². The zero-order chi connectivity index (χ0) is 19.7. The molecule has 0 bridgehead atoms. The fourth-order valence-electron chi connectivity index (χ4n) is 3.32. The molecular formula is C19H21ClN4O2S. The van der Waals surface area contributed by atoms with Gasteiger partial charge in [-0.2, -0.15) is 5.10 Å². The molecule has 1 atom stereocenters. The van der Waals surface area contributed by atoms with Crippen molar-refractivity contribution in [3.63, 3.8) is 0 Å². The third-order valence-corrected chi connectivity index (χ3v) is 5.38. The fraction of sp³-hybridized carbons (Fsp3) is 0.211. The Bertz CT molecular complexity index is 1090. The van der Waals surface area contributed by atoms with E-state index in [0.717, 1.165) is 17.3 Å². The number of nitrogens with two attached hydrogens (primary N) is 1. The van der Waals surface area contributed by atoms with Crippen molar-refractivity contribution in [2.24, 2.45) is 5.73 Å². The lowest BCUT2D eigenvalue weighted by Gasteiger charge is -2.31. The van der Waals surface area contributed by atoms with E-state index in [-0.39, 0.29) is 0 Å². The lowest BCUT2D eigenvalue weighted by atomic mass is 9.87. The van der Waals surface area contributed by atoms with E-state index in [2.05, 4.69) is 9.82 Å². The highest BCUT2D eigenvalue weighted by Gasteiger charge is 2.32. The number of sulfonamides is 1. The smallest absolute Gasteiger partial charge is 0.229 e. The maximum atomic E-state index is 11.7. The van der Waals surface area contributed by atoms with Crippen LogP contribution in [0.1, 0.15) is 18.9 Å². The third kappa shape index (κ3) is 3.65. The first-order valence-corrected chi connectivity index (χ1v) is 10.7. The van der Waals surface area contributed by atoms with Crippen LogP contribution in [0.5, 0.6) is 0 Å². The monoisotopic (exact) mass is 404 g/mol. The SMILES string of the molecule is CCC(/C=C/N)(c1ccc(Cl)cc1)n1ncc2c(NS(C)(=O)=O)cccc21. The molecule has 1 aromatic heterocycles. The third-order valence-electron chi connectivity index (χ3n) is 4.54. The van der Waals surface area contributed by atoms with Crippen LogP contribution in [-0.4, -0.2) is 24.5 Å². The Morgan fingerprint density at radius 3 is 2.56 bits per heavy atom. The Balaban J connectivity index is 2.26. The molecule has 6 nitrogen and oxygen atoms in total. The molecule has 0 fully saturated rings. The van der Waals surface area contributed by atoms with E-state index in [1.165, 1.54) is 6.20 Å². The summed E-state index contributed by atoms with van der Waals surface area (Å²) in [6, 6.07) is 12.9. The summed E-state index contributed by atoms with van der Waals surface area (Å²) >= 11 is 6.05. The predicted molar refractivity (Wildman–Crippen MR) is 110 cm³/mol. The molecule has 0 saturated heterocycles. The summed E-state index contributed by atoms with van der Waals surface area (Å²) in [4.78, 5) is 0. The van der Waals surface area contributed by atoms with Crippen molar-refractivity contribution in [2.45, 2.75) is 18.9 Å². The normalized spacial score (nSPS) is 14.5. The molecule has 27 heavy (non-hydrogen) atoms. The van der Waals surface area contributed by atoms with Crippen LogP contribution >= 0.6 is 11.6 Å². The number of fused-ring (bicyclic) bond motifs is 1. The highest BCUT2D eigenvalue weighted by Crippen LogP contribution is 2.36. The number of aromatic nitrogens is 2. The van der Waals surface area contributed by atoms with E-state index in [4.69, 9.17) is 17.3 Å². The van der Waals surface area contributed by atoms with Crippen molar-refractivity contribution in [1.82, 2.24) is 9.78 Å². The molecule has 142 valence electrons. The van der Waals surface area contributed by atoms with Gasteiger partial charge in [-0.1, -0.05) is 36.7 Å². The van der Waals surface area contributed by atoms with Gasteiger partial charge in [-0.05, 0) is 48.5 Å². The molecular weight excluding hydrogens is 384 g/mol. The maximum absolute atomic E-state index is 11.7. The van der Waals surface area contributed by atoms with Crippen LogP contribution in [0.25, 0.3) is 10.9 Å². The lowest BCUT2D eigenvalue weighted by Crippen LogP contribution is -2.33. The van der Waals surface area contributed by atoms with Crippen LogP contribution in [0.3, 0.4) is 0 Å². The fourth-order valence-corrected chi connectivity index (χ4v) is 4.02. The molecule has 0 saturated carbocycles. The Morgan fingerprint density at radius 2 is 1.96 bits per heavy atom. The molecule has 3 rings (SSSR count). The molecule has 2 aromatic carbocycles. The summed E-state index contributed by atoms with van der Waals surface area (Å²) in [6.45, 7) is 2.04. The van der Waals surface area contributed by atoms with Crippen molar-refractivity contribution < 1.29 is 8.42 Å². The molecule has 0 radical (unpaired) electrons. The summed E-state index contributed by atoms with van der Waals surface area (Å²) in [5.74, 6) is 0. The van der Waals surface area contributed by atoms with Gasteiger partial charge >= 0.3 is 0 Å². The zero-order valence-electron chi connectivity index (χ0n) is 15.1. The van der Waals surface area contributed by atoms with Crippen LogP contribution in [0.15, 0.2) is 60.9 Å². The number of hydrogen-bond donors (Lipinski definition) is 2. The standard InChI is InChI=1S/C19H21ClN4O2S/c1-3-19(11-12-21,14-7-9-15(20)10-8-14)24-18-6-4-5-17(16(18)13-22-24)23-27(2,25)26/h4-13,23H,3,21H2,1-2H3/b12-11+. The molecule has 0 aliphatic heterocycles. The van der Waals surface area contributed by atoms with Gasteiger partial charge in [0.15, 0.2) is 0 Å². The largest absolute Gasteiger partial charge is 0.405 e. The van der Waals surface area contributed by atoms with Crippen LogP contribution < -0.4 is 10.5 Å². The van der Waals surface area contributed by atoms with Crippen molar-refractivity contribution in [3.8, 4) is 0 Å². The number of halogens is 1. The second kappa shape index (κ2) is 7.25. The first kappa shape index (κ1) is 19.3. The number of benzene rings is 2. The minimum atomic E-state index is -3.40. The number of nitrogens with one attached hydrogen (secondary N) is 1. The van der Waals surface area contributed by atoms with Crippen LogP contribution in [0.4, 0.5) is 5.69 Å². The second-order valence-corrected chi connectivity index (χ2v) is 8.50. The van der Waals surface area contributed by atoms with Gasteiger partial charge in [0.1, 0.15) is 5.54 Å². The number of rotatable bonds is 6. The first-order valence-electron chi connectivity index (χ1n) is 8.41. The molecule has 0 aliphatic carbocycles. The van der Waals surface area contributed by atoms with E-state index in [1.807, 2.05) is 48.0 Å². The zero-order valence-corrected chi connectivity index (χ0v) is 16.6. The predicted octanol–water partition coefficient (Wildman–Crippen LogP) is 3.69. The molecule has 3 aromatic rings. The van der Waals surface area contributed by atoms with Crippen molar-refractivity contribution in [2.75, 3.05) is 11.0 Å². The Morgan fingerprint density at radius 1 is 1.26 bits per heavy atom. The van der Waals surface area contributed by atoms with E-state index in [9.17, 15) is 8.42 Å². The molecule has 0 spiro atoms. The van der Waals surface area contributed by atoms with Gasteiger partial charge in [0.25, 0.3) is 0 Å². The molecule has 0 aliphatic rings. The molecule has 1 unspecified atom stereocenters. The van der Waals surface area contributed by atoms with Gasteiger partial charge < -0.3 is 5.73 Å². The Kier molecular flexibility index (Phi) is 5.17. The minimum Gasteiger partial charge on any atom is -0.405 e. The number of allylic oxidation sites excluding steroid dienone is 1. The van der Waals surface area contributed by atoms with E-state index >= 15 is 0 Å².